The number of nitrogens with zero attached hydrogens (tertiary/aromatic N) is 1. The van der Waals surface area contributed by atoms with Crippen molar-refractivity contribution in [2.45, 2.75) is 25.4 Å². The smallest absolute Gasteiger partial charge is 0.122 e. The Morgan fingerprint density at radius 3 is 2.96 bits per heavy atom. The second kappa shape index (κ2) is 8.35. The van der Waals surface area contributed by atoms with E-state index >= 15 is 0 Å². The molecule has 0 fully saturated rings. The first-order valence-electron chi connectivity index (χ1n) is 9.57. The average Bonchev–Trinajstić information content (AvgIpc) is 3.19. The zero-order valence-corrected chi connectivity index (χ0v) is 15.8. The molecule has 0 saturated heterocycles. The fraction of sp³-hybridized carbons (Fsp3) is 0.364. The molecule has 1 atom stereocenters. The molecule has 4 rings (SSSR count). The van der Waals surface area contributed by atoms with E-state index in [0.717, 1.165) is 50.7 Å². The summed E-state index contributed by atoms with van der Waals surface area (Å²) in [5, 5.41) is 6.92. The van der Waals surface area contributed by atoms with Crippen molar-refractivity contribution < 1.29 is 9.47 Å². The van der Waals surface area contributed by atoms with E-state index in [1.165, 1.54) is 16.8 Å². The molecule has 0 amide bonds. The van der Waals surface area contributed by atoms with Crippen molar-refractivity contribution in [3.63, 3.8) is 0 Å². The Morgan fingerprint density at radius 2 is 2.11 bits per heavy atom. The summed E-state index contributed by atoms with van der Waals surface area (Å²) in [6.45, 7) is 3.43. The van der Waals surface area contributed by atoms with Gasteiger partial charge in [-0.1, -0.05) is 30.3 Å². The lowest BCUT2D eigenvalue weighted by Crippen LogP contribution is -2.43. The molecule has 0 bridgehead atoms. The highest BCUT2D eigenvalue weighted by molar-refractivity contribution is 5.42. The monoisotopic (exact) mass is 365 g/mol. The zero-order chi connectivity index (χ0) is 18.5. The zero-order valence-electron chi connectivity index (χ0n) is 15.8. The molecule has 2 N–H and O–H groups in total. The SMILES string of the molecule is COc1ccc2c(c1)CC(N1CNC=C1CCNCc1ccccc1)CO2. The summed E-state index contributed by atoms with van der Waals surface area (Å²) in [5.74, 6) is 1.87. The molecule has 27 heavy (non-hydrogen) atoms. The second-order valence-electron chi connectivity index (χ2n) is 7.02. The van der Waals surface area contributed by atoms with Crippen molar-refractivity contribution in [2.75, 3.05) is 26.9 Å². The Labute approximate surface area is 161 Å². The maximum atomic E-state index is 6.01. The standard InChI is InChI=1S/C22H27N3O2/c1-26-21-7-8-22-18(12-21)11-20(15-27-22)25-16-24-14-19(25)9-10-23-13-17-5-3-2-4-6-17/h2-8,12,14,20,23-24H,9-11,13,15-16H2,1H3. The molecule has 1 unspecified atom stereocenters. The van der Waals surface area contributed by atoms with Crippen molar-refractivity contribution in [1.82, 2.24) is 15.5 Å². The van der Waals surface area contributed by atoms with Crippen LogP contribution in [0.1, 0.15) is 17.5 Å². The first-order chi connectivity index (χ1) is 13.3. The summed E-state index contributed by atoms with van der Waals surface area (Å²) < 4.78 is 11.4. The minimum atomic E-state index is 0.347. The number of hydrogen-bond acceptors (Lipinski definition) is 5. The summed E-state index contributed by atoms with van der Waals surface area (Å²) >= 11 is 0. The van der Waals surface area contributed by atoms with Crippen molar-refractivity contribution in [2.24, 2.45) is 0 Å². The Morgan fingerprint density at radius 1 is 1.22 bits per heavy atom. The number of nitrogens with one attached hydrogen (secondary N) is 2. The van der Waals surface area contributed by atoms with Gasteiger partial charge in [0, 0.05) is 31.4 Å². The Hall–Kier alpha value is -2.66. The van der Waals surface area contributed by atoms with Gasteiger partial charge in [-0.05, 0) is 35.7 Å². The predicted molar refractivity (Wildman–Crippen MR) is 107 cm³/mol. The van der Waals surface area contributed by atoms with Crippen molar-refractivity contribution >= 4 is 0 Å². The molecule has 2 aromatic carbocycles. The van der Waals surface area contributed by atoms with Gasteiger partial charge in [-0.3, -0.25) is 0 Å². The first kappa shape index (κ1) is 17.7. The summed E-state index contributed by atoms with van der Waals surface area (Å²) in [6, 6.07) is 16.9. The maximum absolute atomic E-state index is 6.01. The molecule has 2 aromatic rings. The number of benzene rings is 2. The molecular weight excluding hydrogens is 338 g/mol. The van der Waals surface area contributed by atoms with Crippen LogP contribution in [-0.2, 0) is 13.0 Å². The lowest BCUT2D eigenvalue weighted by atomic mass is 10.0. The summed E-state index contributed by atoms with van der Waals surface area (Å²) in [7, 11) is 1.70. The van der Waals surface area contributed by atoms with E-state index in [-0.39, 0.29) is 0 Å². The van der Waals surface area contributed by atoms with Crippen LogP contribution in [0.2, 0.25) is 0 Å². The van der Waals surface area contributed by atoms with Gasteiger partial charge >= 0.3 is 0 Å². The van der Waals surface area contributed by atoms with Crippen LogP contribution >= 0.6 is 0 Å². The lowest BCUT2D eigenvalue weighted by molar-refractivity contribution is 0.151. The fourth-order valence-corrected chi connectivity index (χ4v) is 3.75. The van der Waals surface area contributed by atoms with Gasteiger partial charge in [-0.2, -0.15) is 0 Å². The molecule has 2 heterocycles. The quantitative estimate of drug-likeness (QED) is 0.739. The normalized spacial score (nSPS) is 18.3. The van der Waals surface area contributed by atoms with Gasteiger partial charge in [0.05, 0.1) is 19.8 Å². The van der Waals surface area contributed by atoms with Gasteiger partial charge in [0.1, 0.15) is 18.1 Å². The average molecular weight is 365 g/mol. The van der Waals surface area contributed by atoms with E-state index in [1.807, 2.05) is 12.1 Å². The first-order valence-corrected chi connectivity index (χ1v) is 9.57. The van der Waals surface area contributed by atoms with Crippen LogP contribution in [0.4, 0.5) is 0 Å². The highest BCUT2D eigenvalue weighted by atomic mass is 16.5. The molecule has 2 aliphatic heterocycles. The Kier molecular flexibility index (Phi) is 5.49. The largest absolute Gasteiger partial charge is 0.497 e. The van der Waals surface area contributed by atoms with Crippen LogP contribution in [-0.4, -0.2) is 37.9 Å². The van der Waals surface area contributed by atoms with E-state index in [4.69, 9.17) is 9.47 Å². The molecule has 2 aliphatic rings. The predicted octanol–water partition coefficient (Wildman–Crippen LogP) is 2.88. The lowest BCUT2D eigenvalue weighted by Gasteiger charge is -2.35. The Bertz CT molecular complexity index is 791. The second-order valence-corrected chi connectivity index (χ2v) is 7.02. The molecule has 5 nitrogen and oxygen atoms in total. The minimum Gasteiger partial charge on any atom is -0.497 e. The number of ether oxygens (including phenoxy) is 2. The number of hydrogen-bond donors (Lipinski definition) is 2. The van der Waals surface area contributed by atoms with Crippen LogP contribution in [0.25, 0.3) is 0 Å². The number of methoxy groups -OCH3 is 1. The summed E-state index contributed by atoms with van der Waals surface area (Å²) in [4.78, 5) is 2.44. The number of rotatable bonds is 7. The molecule has 5 heteroatoms. The van der Waals surface area contributed by atoms with Crippen LogP contribution in [0.3, 0.4) is 0 Å². The third-order valence-corrected chi connectivity index (χ3v) is 5.22. The van der Waals surface area contributed by atoms with Crippen LogP contribution < -0.4 is 20.1 Å². The highest BCUT2D eigenvalue weighted by Gasteiger charge is 2.28. The van der Waals surface area contributed by atoms with Gasteiger partial charge in [0.25, 0.3) is 0 Å². The van der Waals surface area contributed by atoms with Crippen molar-refractivity contribution in [3.8, 4) is 11.5 Å². The van der Waals surface area contributed by atoms with E-state index in [0.29, 0.717) is 6.04 Å². The third kappa shape index (κ3) is 4.19. The third-order valence-electron chi connectivity index (χ3n) is 5.22. The molecule has 142 valence electrons. The van der Waals surface area contributed by atoms with E-state index in [2.05, 4.69) is 58.1 Å². The maximum Gasteiger partial charge on any atom is 0.122 e. The molecular formula is C22H27N3O2. The van der Waals surface area contributed by atoms with Crippen LogP contribution in [0.15, 0.2) is 60.4 Å². The summed E-state index contributed by atoms with van der Waals surface area (Å²) in [6.07, 6.45) is 4.12. The van der Waals surface area contributed by atoms with E-state index in [1.54, 1.807) is 7.11 Å². The molecule has 0 aliphatic carbocycles. The molecule has 0 aromatic heterocycles. The minimum absolute atomic E-state index is 0.347. The van der Waals surface area contributed by atoms with Gasteiger partial charge in [-0.25, -0.2) is 0 Å². The van der Waals surface area contributed by atoms with Gasteiger partial charge in [0.15, 0.2) is 0 Å². The van der Waals surface area contributed by atoms with Crippen molar-refractivity contribution in [1.29, 1.82) is 0 Å². The van der Waals surface area contributed by atoms with Gasteiger partial charge < -0.3 is 25.0 Å². The topological polar surface area (TPSA) is 45.8 Å². The van der Waals surface area contributed by atoms with Crippen LogP contribution in [0, 0.1) is 0 Å². The molecule has 0 spiro atoms. The Balaban J connectivity index is 1.31. The highest BCUT2D eigenvalue weighted by Crippen LogP contribution is 2.31. The van der Waals surface area contributed by atoms with Crippen LogP contribution in [0.5, 0.6) is 11.5 Å². The van der Waals surface area contributed by atoms with E-state index in [9.17, 15) is 0 Å². The van der Waals surface area contributed by atoms with Gasteiger partial charge in [-0.15, -0.1) is 0 Å². The molecule has 0 radical (unpaired) electrons. The van der Waals surface area contributed by atoms with Gasteiger partial charge in [0.2, 0.25) is 0 Å². The fourth-order valence-electron chi connectivity index (χ4n) is 3.75. The molecule has 0 saturated carbocycles. The van der Waals surface area contributed by atoms with Crippen molar-refractivity contribution in [3.05, 3.63) is 71.6 Å². The summed E-state index contributed by atoms with van der Waals surface area (Å²) in [5.41, 5.74) is 3.88. The number of fused-ring (bicyclic) bond motifs is 1. The van der Waals surface area contributed by atoms with E-state index < -0.39 is 0 Å².